The molecule has 100 valence electrons. The molecule has 19 heavy (non-hydrogen) atoms. The molecule has 1 saturated heterocycles. The van der Waals surface area contributed by atoms with E-state index in [0.717, 1.165) is 30.1 Å². The molecule has 0 aliphatic carbocycles. The summed E-state index contributed by atoms with van der Waals surface area (Å²) in [6.45, 7) is 4.36. The van der Waals surface area contributed by atoms with E-state index in [1.54, 1.807) is 6.20 Å². The van der Waals surface area contributed by atoms with E-state index in [4.69, 9.17) is 19.7 Å². The summed E-state index contributed by atoms with van der Waals surface area (Å²) in [5.74, 6) is 1.17. The molecule has 0 amide bonds. The maximum absolute atomic E-state index is 5.77. The highest BCUT2D eigenvalue weighted by Crippen LogP contribution is 2.29. The molecule has 1 aliphatic rings. The highest BCUT2D eigenvalue weighted by atomic mass is 16.5. The maximum atomic E-state index is 5.77. The zero-order chi connectivity index (χ0) is 13.3. The minimum absolute atomic E-state index is 0.150. The van der Waals surface area contributed by atoms with E-state index < -0.39 is 0 Å². The number of ether oxygens (including phenoxy) is 2. The first-order valence-electron chi connectivity index (χ1n) is 6.17. The van der Waals surface area contributed by atoms with Gasteiger partial charge in [0.1, 0.15) is 5.75 Å². The predicted octanol–water partition coefficient (Wildman–Crippen LogP) is 2.34. The zero-order valence-electron chi connectivity index (χ0n) is 10.8. The monoisotopic (exact) mass is 260 g/mol. The number of rotatable bonds is 4. The number of hydrogen-bond donors (Lipinski definition) is 1. The summed E-state index contributed by atoms with van der Waals surface area (Å²) in [6, 6.07) is 7.73. The first kappa shape index (κ1) is 12.0. The van der Waals surface area contributed by atoms with Crippen molar-refractivity contribution < 1.29 is 14.0 Å². The van der Waals surface area contributed by atoms with Crippen LogP contribution in [0.5, 0.6) is 5.75 Å². The summed E-state index contributed by atoms with van der Waals surface area (Å²) in [5, 5.41) is 3.66. The Labute approximate surface area is 111 Å². The number of hydrogen-bond acceptors (Lipinski definition) is 5. The van der Waals surface area contributed by atoms with Crippen molar-refractivity contribution in [2.24, 2.45) is 5.41 Å². The SMILES string of the molecule is CC1(COc2ccc(-c3cnoc3N)cc2)COC1. The van der Waals surface area contributed by atoms with E-state index in [1.165, 1.54) is 0 Å². The Morgan fingerprint density at radius 3 is 2.58 bits per heavy atom. The van der Waals surface area contributed by atoms with Crippen LogP contribution in [0.1, 0.15) is 6.92 Å². The van der Waals surface area contributed by atoms with Crippen molar-refractivity contribution in [3.8, 4) is 16.9 Å². The lowest BCUT2D eigenvalue weighted by molar-refractivity contribution is -0.120. The minimum atomic E-state index is 0.150. The summed E-state index contributed by atoms with van der Waals surface area (Å²) in [4.78, 5) is 0. The van der Waals surface area contributed by atoms with Crippen LogP contribution >= 0.6 is 0 Å². The van der Waals surface area contributed by atoms with Crippen LogP contribution in [0.2, 0.25) is 0 Å². The van der Waals surface area contributed by atoms with Crippen molar-refractivity contribution >= 4 is 5.88 Å². The van der Waals surface area contributed by atoms with Crippen molar-refractivity contribution in [1.29, 1.82) is 0 Å². The lowest BCUT2D eigenvalue weighted by atomic mass is 9.90. The smallest absolute Gasteiger partial charge is 0.229 e. The van der Waals surface area contributed by atoms with Crippen LogP contribution in [-0.4, -0.2) is 25.0 Å². The van der Waals surface area contributed by atoms with Crippen LogP contribution < -0.4 is 10.5 Å². The summed E-state index contributed by atoms with van der Waals surface area (Å²) < 4.78 is 15.8. The number of benzene rings is 1. The van der Waals surface area contributed by atoms with Gasteiger partial charge in [0.2, 0.25) is 5.88 Å². The van der Waals surface area contributed by atoms with Crippen LogP contribution in [0.3, 0.4) is 0 Å². The zero-order valence-corrected chi connectivity index (χ0v) is 10.8. The summed E-state index contributed by atoms with van der Waals surface area (Å²) in [6.07, 6.45) is 1.61. The van der Waals surface area contributed by atoms with Gasteiger partial charge in [-0.1, -0.05) is 24.2 Å². The molecule has 0 bridgehead atoms. The Morgan fingerprint density at radius 2 is 2.05 bits per heavy atom. The second-order valence-electron chi connectivity index (χ2n) is 5.22. The van der Waals surface area contributed by atoms with Crippen molar-refractivity contribution in [3.63, 3.8) is 0 Å². The van der Waals surface area contributed by atoms with Crippen LogP contribution in [0.15, 0.2) is 35.0 Å². The first-order valence-corrected chi connectivity index (χ1v) is 6.17. The molecule has 0 radical (unpaired) electrons. The van der Waals surface area contributed by atoms with Crippen molar-refractivity contribution in [2.75, 3.05) is 25.6 Å². The molecule has 0 saturated carbocycles. The molecule has 2 N–H and O–H groups in total. The molecular formula is C14H16N2O3. The second-order valence-corrected chi connectivity index (χ2v) is 5.22. The molecule has 5 nitrogen and oxygen atoms in total. The minimum Gasteiger partial charge on any atom is -0.493 e. The molecule has 1 aromatic carbocycles. The van der Waals surface area contributed by atoms with Gasteiger partial charge in [-0.25, -0.2) is 0 Å². The van der Waals surface area contributed by atoms with E-state index in [9.17, 15) is 0 Å². The number of nitrogen functional groups attached to an aromatic ring is 1. The molecule has 3 rings (SSSR count). The van der Waals surface area contributed by atoms with Gasteiger partial charge in [0.05, 0.1) is 31.6 Å². The van der Waals surface area contributed by atoms with Crippen LogP contribution in [0, 0.1) is 5.41 Å². The Morgan fingerprint density at radius 1 is 1.32 bits per heavy atom. The normalized spacial score (nSPS) is 16.9. The summed E-state index contributed by atoms with van der Waals surface area (Å²) >= 11 is 0. The molecule has 5 heteroatoms. The Hall–Kier alpha value is -2.01. The first-order chi connectivity index (χ1) is 9.16. The Balaban J connectivity index is 1.67. The molecule has 0 spiro atoms. The van der Waals surface area contributed by atoms with Gasteiger partial charge < -0.3 is 19.7 Å². The average molecular weight is 260 g/mol. The van der Waals surface area contributed by atoms with Crippen LogP contribution in [0.4, 0.5) is 5.88 Å². The third-order valence-corrected chi connectivity index (χ3v) is 3.25. The number of nitrogens with zero attached hydrogens (tertiary/aromatic N) is 1. The molecule has 0 unspecified atom stereocenters. The highest BCUT2D eigenvalue weighted by Gasteiger charge is 2.34. The van der Waals surface area contributed by atoms with Gasteiger partial charge in [-0.3, -0.25) is 0 Å². The van der Waals surface area contributed by atoms with Crippen LogP contribution in [0.25, 0.3) is 11.1 Å². The quantitative estimate of drug-likeness (QED) is 0.913. The summed E-state index contributed by atoms with van der Waals surface area (Å²) in [5.41, 5.74) is 7.59. The second kappa shape index (κ2) is 4.59. The van der Waals surface area contributed by atoms with E-state index in [0.29, 0.717) is 12.5 Å². The van der Waals surface area contributed by atoms with E-state index in [-0.39, 0.29) is 5.41 Å². The van der Waals surface area contributed by atoms with Gasteiger partial charge in [0.25, 0.3) is 0 Å². The standard InChI is InChI=1S/C14H16N2O3/c1-14(7-17-8-14)9-18-11-4-2-10(3-5-11)12-6-16-19-13(12)15/h2-6H,7-9,15H2,1H3. The van der Waals surface area contributed by atoms with E-state index in [1.807, 2.05) is 24.3 Å². The molecule has 1 aromatic heterocycles. The van der Waals surface area contributed by atoms with Gasteiger partial charge in [-0.05, 0) is 17.7 Å². The highest BCUT2D eigenvalue weighted by molar-refractivity contribution is 5.72. The van der Waals surface area contributed by atoms with Crippen molar-refractivity contribution in [1.82, 2.24) is 5.16 Å². The average Bonchev–Trinajstić information content (AvgIpc) is 2.81. The van der Waals surface area contributed by atoms with Gasteiger partial charge in [-0.15, -0.1) is 0 Å². The van der Waals surface area contributed by atoms with Crippen molar-refractivity contribution in [2.45, 2.75) is 6.92 Å². The molecule has 2 heterocycles. The van der Waals surface area contributed by atoms with Gasteiger partial charge in [-0.2, -0.15) is 0 Å². The lowest BCUT2D eigenvalue weighted by Crippen LogP contribution is -2.44. The van der Waals surface area contributed by atoms with Crippen LogP contribution in [-0.2, 0) is 4.74 Å². The topological polar surface area (TPSA) is 70.5 Å². The van der Waals surface area contributed by atoms with Gasteiger partial charge >= 0.3 is 0 Å². The van der Waals surface area contributed by atoms with Crippen molar-refractivity contribution in [3.05, 3.63) is 30.5 Å². The predicted molar refractivity (Wildman–Crippen MR) is 70.8 cm³/mol. The fourth-order valence-electron chi connectivity index (χ4n) is 1.99. The molecule has 1 fully saturated rings. The van der Waals surface area contributed by atoms with E-state index in [2.05, 4.69) is 12.1 Å². The number of anilines is 1. The van der Waals surface area contributed by atoms with E-state index >= 15 is 0 Å². The molecule has 0 atom stereocenters. The maximum Gasteiger partial charge on any atom is 0.229 e. The lowest BCUT2D eigenvalue weighted by Gasteiger charge is -2.37. The third-order valence-electron chi connectivity index (χ3n) is 3.25. The number of nitrogens with two attached hydrogens (primary N) is 1. The number of aromatic nitrogens is 1. The Bertz CT molecular complexity index is 558. The molecule has 1 aliphatic heterocycles. The fraction of sp³-hybridized carbons (Fsp3) is 0.357. The van der Waals surface area contributed by atoms with Gasteiger partial charge in [0.15, 0.2) is 0 Å². The molecular weight excluding hydrogens is 244 g/mol. The fourth-order valence-corrected chi connectivity index (χ4v) is 1.99. The summed E-state index contributed by atoms with van der Waals surface area (Å²) in [7, 11) is 0. The van der Waals surface area contributed by atoms with Gasteiger partial charge in [0, 0.05) is 5.41 Å². The molecule has 2 aromatic rings. The largest absolute Gasteiger partial charge is 0.493 e. The Kier molecular flexibility index (Phi) is 2.91. The third kappa shape index (κ3) is 2.42.